The predicted octanol–water partition coefficient (Wildman–Crippen LogP) is 15.0. The van der Waals surface area contributed by atoms with Crippen molar-refractivity contribution in [3.8, 4) is 39.1 Å². The van der Waals surface area contributed by atoms with E-state index < -0.39 is 0 Å². The topological polar surface area (TPSA) is 8.17 Å². The van der Waals surface area contributed by atoms with Crippen LogP contribution < -0.4 is 4.90 Å². The molecule has 10 aromatic rings. The molecule has 0 atom stereocenters. The van der Waals surface area contributed by atoms with E-state index in [1.807, 2.05) is 0 Å². The maximum atomic E-state index is 2.43. The van der Waals surface area contributed by atoms with Crippen LogP contribution >= 0.6 is 0 Å². The van der Waals surface area contributed by atoms with E-state index in [9.17, 15) is 0 Å². The third-order valence-corrected chi connectivity index (χ3v) is 12.2. The highest BCUT2D eigenvalue weighted by Gasteiger charge is 2.35. The lowest BCUT2D eigenvalue weighted by molar-refractivity contribution is 0.660. The molecule has 0 radical (unpaired) electrons. The van der Waals surface area contributed by atoms with Gasteiger partial charge in [0.05, 0.1) is 22.4 Å². The fourth-order valence-corrected chi connectivity index (χ4v) is 9.43. The summed E-state index contributed by atoms with van der Waals surface area (Å²) in [6, 6.07) is 75.6. The minimum atomic E-state index is -0.0958. The number of hydrogen-bond donors (Lipinski definition) is 0. The van der Waals surface area contributed by atoms with Crippen LogP contribution in [0.25, 0.3) is 71.6 Å². The quantitative estimate of drug-likeness (QED) is 0.165. The molecule has 1 aliphatic rings. The molecular weight excluding hydrogens is 689 g/mol. The Labute approximate surface area is 333 Å². The van der Waals surface area contributed by atoms with Crippen LogP contribution in [0.4, 0.5) is 17.1 Å². The summed E-state index contributed by atoms with van der Waals surface area (Å²) in [6.45, 7) is 4.71. The number of aromatic nitrogens is 1. The van der Waals surface area contributed by atoms with Crippen LogP contribution in [0.5, 0.6) is 0 Å². The van der Waals surface area contributed by atoms with Gasteiger partial charge in [-0.25, -0.2) is 0 Å². The SMILES string of the molecule is CC1(C)c2ccccc2-c2ccc(N(c3ccc(-c4cccc(-c5ccccc5-n5c6ccccc6c6ccccc65)c4)cc3)c3cccc4ccccc34)cc21. The van der Waals surface area contributed by atoms with Crippen molar-refractivity contribution in [2.45, 2.75) is 19.3 Å². The molecule has 2 heteroatoms. The van der Waals surface area contributed by atoms with Gasteiger partial charge in [-0.3, -0.25) is 0 Å². The van der Waals surface area contributed by atoms with Gasteiger partial charge >= 0.3 is 0 Å². The van der Waals surface area contributed by atoms with Crippen LogP contribution in [-0.2, 0) is 5.41 Å². The molecule has 1 heterocycles. The fraction of sp³-hybridized carbons (Fsp3) is 0.0545. The summed E-state index contributed by atoms with van der Waals surface area (Å²) in [6.07, 6.45) is 0. The molecule has 0 unspecified atom stereocenters. The number of anilines is 3. The van der Waals surface area contributed by atoms with Crippen LogP contribution in [0.15, 0.2) is 206 Å². The first kappa shape index (κ1) is 33.2. The molecule has 0 saturated carbocycles. The van der Waals surface area contributed by atoms with Crippen molar-refractivity contribution < 1.29 is 0 Å². The van der Waals surface area contributed by atoms with Crippen molar-refractivity contribution in [2.75, 3.05) is 4.90 Å². The lowest BCUT2D eigenvalue weighted by Crippen LogP contribution is -2.16. The van der Waals surface area contributed by atoms with E-state index >= 15 is 0 Å². The molecule has 1 aromatic heterocycles. The van der Waals surface area contributed by atoms with Crippen molar-refractivity contribution in [3.05, 3.63) is 217 Å². The summed E-state index contributed by atoms with van der Waals surface area (Å²) in [5.41, 5.74) is 17.1. The monoisotopic (exact) mass is 728 g/mol. The number of fused-ring (bicyclic) bond motifs is 7. The summed E-state index contributed by atoms with van der Waals surface area (Å²) >= 11 is 0. The molecule has 9 aromatic carbocycles. The number of benzene rings is 9. The van der Waals surface area contributed by atoms with E-state index in [4.69, 9.17) is 0 Å². The van der Waals surface area contributed by atoms with Gasteiger partial charge in [-0.2, -0.15) is 0 Å². The first-order valence-electron chi connectivity index (χ1n) is 19.9. The molecule has 0 amide bonds. The zero-order valence-corrected chi connectivity index (χ0v) is 32.0. The predicted molar refractivity (Wildman–Crippen MR) is 241 cm³/mol. The number of nitrogens with zero attached hydrogens (tertiary/aromatic N) is 2. The Hall–Kier alpha value is -7.16. The second-order valence-electron chi connectivity index (χ2n) is 15.7. The van der Waals surface area contributed by atoms with Gasteiger partial charge in [0, 0.05) is 38.5 Å². The smallest absolute Gasteiger partial charge is 0.0541 e. The maximum absolute atomic E-state index is 2.43. The fourth-order valence-electron chi connectivity index (χ4n) is 9.43. The average molecular weight is 729 g/mol. The third-order valence-electron chi connectivity index (χ3n) is 12.2. The summed E-state index contributed by atoms with van der Waals surface area (Å²) in [4.78, 5) is 2.43. The Morgan fingerprint density at radius 1 is 0.386 bits per heavy atom. The first-order valence-corrected chi connectivity index (χ1v) is 19.9. The Morgan fingerprint density at radius 2 is 0.965 bits per heavy atom. The van der Waals surface area contributed by atoms with E-state index in [2.05, 4.69) is 230 Å². The number of rotatable bonds is 6. The summed E-state index contributed by atoms with van der Waals surface area (Å²) in [5.74, 6) is 0. The number of hydrogen-bond acceptors (Lipinski definition) is 1. The Balaban J connectivity index is 1.01. The standard InChI is InChI=1S/C55H40N2/c1-55(2)49-24-9-5-21-45(49)46-34-33-42(36-50(46)55)56(51-28-14-16-38-15-3-4-19-43(38)51)41-31-29-37(30-32-41)39-17-13-18-40(35-39)44-20-6-10-25-52(44)57-53-26-11-7-22-47(53)48-23-8-12-27-54(48)57/h3-36H,1-2H3. The van der Waals surface area contributed by atoms with Gasteiger partial charge in [-0.05, 0) is 98.9 Å². The lowest BCUT2D eigenvalue weighted by atomic mass is 9.82. The summed E-state index contributed by atoms with van der Waals surface area (Å²) in [7, 11) is 0. The van der Waals surface area contributed by atoms with E-state index in [1.54, 1.807) is 0 Å². The minimum absolute atomic E-state index is 0.0958. The van der Waals surface area contributed by atoms with E-state index in [-0.39, 0.29) is 5.41 Å². The molecule has 0 bridgehead atoms. The zero-order valence-electron chi connectivity index (χ0n) is 32.0. The molecule has 11 rings (SSSR count). The Bertz CT molecular complexity index is 3100. The van der Waals surface area contributed by atoms with Gasteiger partial charge in [0.25, 0.3) is 0 Å². The van der Waals surface area contributed by atoms with E-state index in [0.29, 0.717) is 0 Å². The number of para-hydroxylation sites is 3. The van der Waals surface area contributed by atoms with Crippen molar-refractivity contribution in [3.63, 3.8) is 0 Å². The molecule has 0 N–H and O–H groups in total. The third kappa shape index (κ3) is 5.25. The highest BCUT2D eigenvalue weighted by atomic mass is 15.1. The zero-order chi connectivity index (χ0) is 38.1. The second kappa shape index (κ2) is 13.0. The largest absolute Gasteiger partial charge is 0.310 e. The molecule has 1 aliphatic carbocycles. The minimum Gasteiger partial charge on any atom is -0.310 e. The summed E-state index contributed by atoms with van der Waals surface area (Å²) in [5, 5.41) is 4.98. The van der Waals surface area contributed by atoms with Gasteiger partial charge in [-0.1, -0.05) is 166 Å². The molecule has 270 valence electrons. The highest BCUT2D eigenvalue weighted by Crippen LogP contribution is 2.51. The Morgan fingerprint density at radius 3 is 1.75 bits per heavy atom. The molecule has 57 heavy (non-hydrogen) atoms. The molecule has 0 spiro atoms. The van der Waals surface area contributed by atoms with Gasteiger partial charge in [-0.15, -0.1) is 0 Å². The maximum Gasteiger partial charge on any atom is 0.0541 e. The van der Waals surface area contributed by atoms with E-state index in [0.717, 1.165) is 17.1 Å². The van der Waals surface area contributed by atoms with Crippen LogP contribution in [0.1, 0.15) is 25.0 Å². The highest BCUT2D eigenvalue weighted by molar-refractivity contribution is 6.10. The lowest BCUT2D eigenvalue weighted by Gasteiger charge is -2.29. The van der Waals surface area contributed by atoms with Crippen molar-refractivity contribution >= 4 is 49.6 Å². The first-order chi connectivity index (χ1) is 28.0. The van der Waals surface area contributed by atoms with Crippen molar-refractivity contribution in [1.29, 1.82) is 0 Å². The van der Waals surface area contributed by atoms with Gasteiger partial charge in [0.1, 0.15) is 0 Å². The van der Waals surface area contributed by atoms with Crippen molar-refractivity contribution in [1.82, 2.24) is 4.57 Å². The van der Waals surface area contributed by atoms with Crippen LogP contribution in [0, 0.1) is 0 Å². The van der Waals surface area contributed by atoms with Crippen LogP contribution in [0.3, 0.4) is 0 Å². The van der Waals surface area contributed by atoms with Gasteiger partial charge in [0.2, 0.25) is 0 Å². The van der Waals surface area contributed by atoms with Crippen molar-refractivity contribution in [2.24, 2.45) is 0 Å². The molecule has 0 aliphatic heterocycles. The molecular formula is C55H40N2. The van der Waals surface area contributed by atoms with Gasteiger partial charge in [0.15, 0.2) is 0 Å². The van der Waals surface area contributed by atoms with Crippen LogP contribution in [-0.4, -0.2) is 4.57 Å². The molecule has 2 nitrogen and oxygen atoms in total. The molecule has 0 saturated heterocycles. The van der Waals surface area contributed by atoms with E-state index in [1.165, 1.54) is 82.8 Å². The average Bonchev–Trinajstić information content (AvgIpc) is 3.72. The Kier molecular flexibility index (Phi) is 7.55. The molecule has 0 fully saturated rings. The van der Waals surface area contributed by atoms with Gasteiger partial charge < -0.3 is 9.47 Å². The summed E-state index contributed by atoms with van der Waals surface area (Å²) < 4.78 is 2.42. The normalized spacial score (nSPS) is 12.9. The second-order valence-corrected chi connectivity index (χ2v) is 15.7. The van der Waals surface area contributed by atoms with Crippen LogP contribution in [0.2, 0.25) is 0 Å².